The molecule has 10 heteroatoms. The summed E-state index contributed by atoms with van der Waals surface area (Å²) >= 11 is 0. The largest absolute Gasteiger partial charge is 0.492 e. The number of hydroxylamine groups is 1. The van der Waals surface area contributed by atoms with Crippen LogP contribution < -0.4 is 16.2 Å². The Morgan fingerprint density at radius 3 is 2.57 bits per heavy atom. The van der Waals surface area contributed by atoms with Crippen molar-refractivity contribution < 1.29 is 24.3 Å². The van der Waals surface area contributed by atoms with Gasteiger partial charge in [0.2, 0.25) is 11.8 Å². The lowest BCUT2D eigenvalue weighted by Gasteiger charge is -2.32. The number of H-pyrrole nitrogens is 1. The Kier molecular flexibility index (Phi) is 10.7. The van der Waals surface area contributed by atoms with E-state index in [4.69, 9.17) is 9.57 Å². The number of carbonyl (C=O) groups is 2. The molecule has 0 radical (unpaired) electrons. The van der Waals surface area contributed by atoms with Crippen molar-refractivity contribution in [3.8, 4) is 5.88 Å². The number of carbonyl (C=O) groups excluding carboxylic acids is 2. The quantitative estimate of drug-likeness (QED) is 0.382. The number of aromatic hydroxyl groups is 1. The predicted molar refractivity (Wildman–Crippen MR) is 131 cm³/mol. The topological polar surface area (TPSA) is 126 Å². The smallest absolute Gasteiger partial charge is 0.347 e. The van der Waals surface area contributed by atoms with Crippen molar-refractivity contribution in [2.75, 3.05) is 11.6 Å². The molecule has 35 heavy (non-hydrogen) atoms. The zero-order valence-corrected chi connectivity index (χ0v) is 21.2. The van der Waals surface area contributed by atoms with Gasteiger partial charge >= 0.3 is 5.69 Å². The molecule has 1 saturated carbocycles. The molecule has 2 fully saturated rings. The molecule has 1 aromatic rings. The number of rotatable bonds is 12. The van der Waals surface area contributed by atoms with Crippen molar-refractivity contribution in [3.05, 3.63) is 16.7 Å². The van der Waals surface area contributed by atoms with Gasteiger partial charge in [-0.15, -0.1) is 0 Å². The number of imidazole rings is 1. The molecule has 2 aliphatic rings. The molecule has 2 amide bonds. The van der Waals surface area contributed by atoms with E-state index < -0.39 is 35.7 Å². The summed E-state index contributed by atoms with van der Waals surface area (Å²) in [6.07, 6.45) is 12.0. The van der Waals surface area contributed by atoms with Gasteiger partial charge in [-0.1, -0.05) is 58.8 Å². The Labute approximate surface area is 207 Å². The van der Waals surface area contributed by atoms with E-state index in [1.807, 2.05) is 13.8 Å². The van der Waals surface area contributed by atoms with Crippen LogP contribution >= 0.6 is 0 Å². The van der Waals surface area contributed by atoms with Crippen LogP contribution in [0.4, 0.5) is 0 Å². The Morgan fingerprint density at radius 1 is 1.20 bits per heavy atom. The molecular weight excluding hydrogens is 452 g/mol. The highest BCUT2D eigenvalue weighted by molar-refractivity contribution is 5.94. The van der Waals surface area contributed by atoms with Crippen molar-refractivity contribution in [2.24, 2.45) is 11.8 Å². The van der Waals surface area contributed by atoms with E-state index in [9.17, 15) is 19.5 Å². The summed E-state index contributed by atoms with van der Waals surface area (Å²) < 4.78 is 6.40. The summed E-state index contributed by atoms with van der Waals surface area (Å²) in [6, 6.07) is -1.01. The zero-order valence-electron chi connectivity index (χ0n) is 21.2. The molecule has 0 bridgehead atoms. The first-order chi connectivity index (χ1) is 16.9. The molecule has 2 heterocycles. The van der Waals surface area contributed by atoms with Gasteiger partial charge in [-0.05, 0) is 37.5 Å². The Hall–Kier alpha value is -2.33. The molecule has 0 spiro atoms. The summed E-state index contributed by atoms with van der Waals surface area (Å²) in [5.74, 6) is -0.472. The molecule has 198 valence electrons. The number of ether oxygens (including phenoxy) is 1. The molecule has 3 rings (SSSR count). The monoisotopic (exact) mass is 494 g/mol. The van der Waals surface area contributed by atoms with Gasteiger partial charge < -0.3 is 14.8 Å². The lowest BCUT2D eigenvalue weighted by molar-refractivity contribution is -0.201. The van der Waals surface area contributed by atoms with Crippen molar-refractivity contribution >= 4 is 11.8 Å². The van der Waals surface area contributed by atoms with Crippen LogP contribution in [0.3, 0.4) is 0 Å². The van der Waals surface area contributed by atoms with E-state index in [-0.39, 0.29) is 12.3 Å². The fourth-order valence-corrected chi connectivity index (χ4v) is 4.95. The van der Waals surface area contributed by atoms with Crippen LogP contribution in [0, 0.1) is 11.8 Å². The third kappa shape index (κ3) is 8.10. The fourth-order valence-electron chi connectivity index (χ4n) is 4.95. The lowest BCUT2D eigenvalue weighted by atomic mass is 9.85. The van der Waals surface area contributed by atoms with Crippen LogP contribution in [0.2, 0.25) is 0 Å². The molecule has 1 aliphatic heterocycles. The van der Waals surface area contributed by atoms with E-state index in [0.717, 1.165) is 41.6 Å². The van der Waals surface area contributed by atoms with Crippen molar-refractivity contribution in [1.29, 1.82) is 0 Å². The molecule has 2 atom stereocenters. The second kappa shape index (κ2) is 13.7. The van der Waals surface area contributed by atoms with Crippen LogP contribution in [0.1, 0.15) is 97.3 Å². The molecule has 0 aromatic carbocycles. The first kappa shape index (κ1) is 27.3. The molecule has 1 aliphatic carbocycles. The fraction of sp³-hybridized carbons (Fsp3) is 0.800. The number of aromatic amines is 1. The molecule has 10 nitrogen and oxygen atoms in total. The maximum Gasteiger partial charge on any atom is 0.347 e. The first-order valence-electron chi connectivity index (χ1n) is 13.3. The highest BCUT2D eigenvalue weighted by Gasteiger charge is 2.34. The zero-order chi connectivity index (χ0) is 25.2. The maximum atomic E-state index is 13.4. The standard InChI is InChI=1S/C25H42N4O6/c1-18(2)14-15-21(30)28(29-22(31)17-26-25(29)33)20(12-8-11-19-9-4-3-5-10-19)24(32)27-35-23-13-6-7-16-34-23/h17-20,23,31H,3-16H2,1-2H3,(H,26,33)(H,27,32)/t20-,23+/m0/s1. The minimum Gasteiger partial charge on any atom is -0.492 e. The van der Waals surface area contributed by atoms with Crippen molar-refractivity contribution in [1.82, 2.24) is 15.1 Å². The van der Waals surface area contributed by atoms with Crippen LogP contribution in [0.5, 0.6) is 5.88 Å². The summed E-state index contributed by atoms with van der Waals surface area (Å²) in [6.45, 7) is 4.58. The van der Waals surface area contributed by atoms with Gasteiger partial charge in [0.1, 0.15) is 6.04 Å². The average molecular weight is 495 g/mol. The molecule has 0 unspecified atom stereocenters. The highest BCUT2D eigenvalue weighted by Crippen LogP contribution is 2.28. The highest BCUT2D eigenvalue weighted by atomic mass is 16.8. The van der Waals surface area contributed by atoms with Gasteiger partial charge in [-0.25, -0.2) is 20.1 Å². The van der Waals surface area contributed by atoms with E-state index in [2.05, 4.69) is 10.5 Å². The van der Waals surface area contributed by atoms with E-state index >= 15 is 0 Å². The van der Waals surface area contributed by atoms with Gasteiger partial charge in [-0.3, -0.25) is 9.59 Å². The molecular formula is C25H42N4O6. The number of nitrogens with one attached hydrogen (secondary N) is 2. The molecule has 3 N–H and O–H groups in total. The minimum atomic E-state index is -1.01. The average Bonchev–Trinajstić information content (AvgIpc) is 3.19. The van der Waals surface area contributed by atoms with E-state index in [1.165, 1.54) is 32.1 Å². The Morgan fingerprint density at radius 2 is 1.94 bits per heavy atom. The normalized spacial score (nSPS) is 20.0. The Balaban J connectivity index is 1.79. The van der Waals surface area contributed by atoms with Crippen LogP contribution in [-0.4, -0.2) is 45.5 Å². The van der Waals surface area contributed by atoms with E-state index in [1.54, 1.807) is 0 Å². The summed E-state index contributed by atoms with van der Waals surface area (Å²) in [4.78, 5) is 47.2. The van der Waals surface area contributed by atoms with Crippen LogP contribution in [0.15, 0.2) is 11.0 Å². The number of amides is 2. The minimum absolute atomic E-state index is 0.147. The predicted octanol–water partition coefficient (Wildman–Crippen LogP) is 3.48. The second-order valence-electron chi connectivity index (χ2n) is 10.3. The Bertz CT molecular complexity index is 854. The maximum absolute atomic E-state index is 13.4. The van der Waals surface area contributed by atoms with Crippen LogP contribution in [0.25, 0.3) is 0 Å². The molecule has 1 saturated heterocycles. The van der Waals surface area contributed by atoms with Crippen molar-refractivity contribution in [2.45, 2.75) is 110 Å². The summed E-state index contributed by atoms with van der Waals surface area (Å²) in [7, 11) is 0. The van der Waals surface area contributed by atoms with Crippen LogP contribution in [-0.2, 0) is 19.2 Å². The molecule has 1 aromatic heterocycles. The third-order valence-electron chi connectivity index (χ3n) is 6.98. The first-order valence-corrected chi connectivity index (χ1v) is 13.3. The van der Waals surface area contributed by atoms with Gasteiger partial charge in [0.15, 0.2) is 6.29 Å². The number of hydrogen-bond acceptors (Lipinski definition) is 6. The summed E-state index contributed by atoms with van der Waals surface area (Å²) in [5.41, 5.74) is 1.80. The SMILES string of the molecule is CC(C)CCC(=O)N([C@@H](CCCC1CCCCC1)C(=O)NO[C@@H]1CCCCO1)n1c(O)c[nH]c1=O. The lowest BCUT2D eigenvalue weighted by Crippen LogP contribution is -2.57. The third-order valence-corrected chi connectivity index (χ3v) is 6.98. The van der Waals surface area contributed by atoms with Gasteiger partial charge in [0.05, 0.1) is 6.20 Å². The van der Waals surface area contributed by atoms with E-state index in [0.29, 0.717) is 31.8 Å². The number of aromatic nitrogens is 2. The number of nitrogens with zero attached hydrogens (tertiary/aromatic N) is 2. The van der Waals surface area contributed by atoms with Gasteiger partial charge in [0, 0.05) is 19.4 Å². The number of hydrogen-bond donors (Lipinski definition) is 3. The van der Waals surface area contributed by atoms with Crippen molar-refractivity contribution in [3.63, 3.8) is 0 Å². The van der Waals surface area contributed by atoms with Gasteiger partial charge in [0.25, 0.3) is 5.91 Å². The summed E-state index contributed by atoms with van der Waals surface area (Å²) in [5, 5.41) is 11.5. The second-order valence-corrected chi connectivity index (χ2v) is 10.3. The van der Waals surface area contributed by atoms with Gasteiger partial charge in [-0.2, -0.15) is 4.68 Å².